The maximum absolute atomic E-state index is 12.6. The molecule has 1 aromatic heterocycles. The Morgan fingerprint density at radius 3 is 2.85 bits per heavy atom. The highest BCUT2D eigenvalue weighted by atomic mass is 16.3. The first-order valence-corrected chi connectivity index (χ1v) is 9.50. The molecule has 0 bridgehead atoms. The molecule has 27 heavy (non-hydrogen) atoms. The number of aliphatic hydroxyl groups is 1. The topological polar surface area (TPSA) is 68.7 Å². The Kier molecular flexibility index (Phi) is 6.79. The van der Waals surface area contributed by atoms with Crippen molar-refractivity contribution in [1.82, 2.24) is 15.2 Å². The minimum Gasteiger partial charge on any atom is -0.395 e. The van der Waals surface area contributed by atoms with Crippen LogP contribution in [0.25, 0.3) is 0 Å². The minimum absolute atomic E-state index is 0.0282. The number of piperidine rings is 1. The van der Waals surface area contributed by atoms with Crippen molar-refractivity contribution in [2.24, 2.45) is 0 Å². The summed E-state index contributed by atoms with van der Waals surface area (Å²) in [5, 5.41) is 12.2. The Bertz CT molecular complexity index is 721. The van der Waals surface area contributed by atoms with Gasteiger partial charge in [0, 0.05) is 56.4 Å². The van der Waals surface area contributed by atoms with E-state index >= 15 is 0 Å². The normalized spacial score (nSPS) is 17.5. The number of amides is 1. The summed E-state index contributed by atoms with van der Waals surface area (Å²) in [7, 11) is 1.92. The maximum atomic E-state index is 12.6. The Labute approximate surface area is 160 Å². The van der Waals surface area contributed by atoms with Gasteiger partial charge in [0.15, 0.2) is 0 Å². The van der Waals surface area contributed by atoms with E-state index < -0.39 is 0 Å². The summed E-state index contributed by atoms with van der Waals surface area (Å²) in [6.07, 6.45) is 5.77. The molecule has 2 aromatic rings. The minimum atomic E-state index is -0.0282. The molecule has 2 heterocycles. The number of anilines is 1. The summed E-state index contributed by atoms with van der Waals surface area (Å²) in [5.41, 5.74) is 2.86. The molecule has 2 N–H and O–H groups in total. The van der Waals surface area contributed by atoms with Crippen molar-refractivity contribution in [3.63, 3.8) is 0 Å². The third-order valence-electron chi connectivity index (χ3n) is 4.98. The van der Waals surface area contributed by atoms with Gasteiger partial charge in [0.1, 0.15) is 0 Å². The van der Waals surface area contributed by atoms with Crippen LogP contribution >= 0.6 is 0 Å². The molecule has 6 nitrogen and oxygen atoms in total. The number of hydrogen-bond donors (Lipinski definition) is 2. The summed E-state index contributed by atoms with van der Waals surface area (Å²) < 4.78 is 0. The van der Waals surface area contributed by atoms with Crippen LogP contribution in [-0.4, -0.2) is 60.2 Å². The number of nitrogens with one attached hydrogen (secondary N) is 1. The smallest absolute Gasteiger partial charge is 0.251 e. The zero-order valence-corrected chi connectivity index (χ0v) is 15.8. The van der Waals surface area contributed by atoms with Gasteiger partial charge in [-0.25, -0.2) is 0 Å². The van der Waals surface area contributed by atoms with Gasteiger partial charge in [-0.05, 0) is 55.3 Å². The van der Waals surface area contributed by atoms with Crippen molar-refractivity contribution in [2.75, 3.05) is 38.2 Å². The van der Waals surface area contributed by atoms with Gasteiger partial charge in [-0.15, -0.1) is 0 Å². The van der Waals surface area contributed by atoms with Gasteiger partial charge in [0.25, 0.3) is 5.91 Å². The molecule has 0 saturated carbocycles. The SMILES string of the molecule is CN(CCO)c1ccc(C(=O)N[C@H]2CCCN(Cc3cccnc3)C2)cc1. The first-order valence-electron chi connectivity index (χ1n) is 9.50. The molecule has 1 fully saturated rings. The molecule has 3 rings (SSSR count). The standard InChI is InChI=1S/C21H28N4O2/c1-24(12-13-26)20-8-6-18(7-9-20)21(27)23-19-5-3-11-25(16-19)15-17-4-2-10-22-14-17/h2,4,6-10,14,19,26H,3,5,11-13,15-16H2,1H3,(H,23,27)/t19-/m0/s1. The number of nitrogens with zero attached hydrogens (tertiary/aromatic N) is 3. The summed E-state index contributed by atoms with van der Waals surface area (Å²) in [5.74, 6) is -0.0282. The molecule has 1 atom stereocenters. The number of likely N-dealkylation sites (N-methyl/N-ethyl adjacent to an activating group) is 1. The summed E-state index contributed by atoms with van der Waals surface area (Å²) in [4.78, 5) is 21.1. The molecule has 1 aliphatic rings. The fourth-order valence-electron chi connectivity index (χ4n) is 3.48. The second kappa shape index (κ2) is 9.48. The predicted octanol–water partition coefficient (Wildman–Crippen LogP) is 1.90. The van der Waals surface area contributed by atoms with Gasteiger partial charge < -0.3 is 15.3 Å². The van der Waals surface area contributed by atoms with E-state index in [1.54, 1.807) is 6.20 Å². The number of pyridine rings is 1. The molecule has 0 spiro atoms. The lowest BCUT2D eigenvalue weighted by molar-refractivity contribution is 0.0900. The summed E-state index contributed by atoms with van der Waals surface area (Å²) >= 11 is 0. The highest BCUT2D eigenvalue weighted by Gasteiger charge is 2.22. The third kappa shape index (κ3) is 5.52. The van der Waals surface area contributed by atoms with Crippen molar-refractivity contribution < 1.29 is 9.90 Å². The van der Waals surface area contributed by atoms with Crippen LogP contribution in [0.4, 0.5) is 5.69 Å². The van der Waals surface area contributed by atoms with E-state index in [4.69, 9.17) is 5.11 Å². The number of benzene rings is 1. The fraction of sp³-hybridized carbons (Fsp3) is 0.429. The maximum Gasteiger partial charge on any atom is 0.251 e. The molecule has 1 amide bonds. The number of aromatic nitrogens is 1. The Morgan fingerprint density at radius 1 is 1.33 bits per heavy atom. The van der Waals surface area contributed by atoms with Gasteiger partial charge in [-0.1, -0.05) is 6.07 Å². The number of carbonyl (C=O) groups excluding carboxylic acids is 1. The molecule has 1 saturated heterocycles. The van der Waals surface area contributed by atoms with Crippen molar-refractivity contribution in [3.05, 3.63) is 59.9 Å². The lowest BCUT2D eigenvalue weighted by Crippen LogP contribution is -2.47. The Hall–Kier alpha value is -2.44. The first kappa shape index (κ1) is 19.3. The number of likely N-dealkylation sites (tertiary alicyclic amines) is 1. The van der Waals surface area contributed by atoms with E-state index in [1.807, 2.05) is 48.5 Å². The number of hydrogen-bond acceptors (Lipinski definition) is 5. The second-order valence-electron chi connectivity index (χ2n) is 7.10. The Morgan fingerprint density at radius 2 is 2.15 bits per heavy atom. The van der Waals surface area contributed by atoms with Crippen LogP contribution in [0.5, 0.6) is 0 Å². The van der Waals surface area contributed by atoms with Crippen LogP contribution in [0.15, 0.2) is 48.8 Å². The summed E-state index contributed by atoms with van der Waals surface area (Å²) in [6.45, 7) is 3.45. The van der Waals surface area contributed by atoms with Gasteiger partial charge in [0.05, 0.1) is 6.61 Å². The number of rotatable bonds is 7. The second-order valence-corrected chi connectivity index (χ2v) is 7.10. The lowest BCUT2D eigenvalue weighted by atomic mass is 10.0. The van der Waals surface area contributed by atoms with Crippen LogP contribution in [0.3, 0.4) is 0 Å². The first-order chi connectivity index (χ1) is 13.2. The molecule has 6 heteroatoms. The zero-order valence-electron chi connectivity index (χ0n) is 15.8. The van der Waals surface area contributed by atoms with Crippen LogP contribution in [-0.2, 0) is 6.54 Å². The molecule has 0 radical (unpaired) electrons. The molecule has 0 unspecified atom stereocenters. The van der Waals surface area contributed by atoms with Gasteiger partial charge in [-0.3, -0.25) is 14.7 Å². The highest BCUT2D eigenvalue weighted by Crippen LogP contribution is 2.16. The summed E-state index contributed by atoms with van der Waals surface area (Å²) in [6, 6.07) is 11.7. The zero-order chi connectivity index (χ0) is 19.1. The van der Waals surface area contributed by atoms with Crippen LogP contribution in [0.1, 0.15) is 28.8 Å². The highest BCUT2D eigenvalue weighted by molar-refractivity contribution is 5.94. The monoisotopic (exact) mass is 368 g/mol. The average Bonchev–Trinajstić information content (AvgIpc) is 2.69. The van der Waals surface area contributed by atoms with Crippen LogP contribution in [0, 0.1) is 0 Å². The van der Waals surface area contributed by atoms with E-state index in [0.29, 0.717) is 12.1 Å². The number of carbonyl (C=O) groups is 1. The van der Waals surface area contributed by atoms with E-state index in [0.717, 1.165) is 38.2 Å². The molecule has 144 valence electrons. The molecule has 1 aliphatic heterocycles. The third-order valence-corrected chi connectivity index (χ3v) is 4.98. The molecule has 1 aromatic carbocycles. The van der Waals surface area contributed by atoms with Crippen LogP contribution in [0.2, 0.25) is 0 Å². The van der Waals surface area contributed by atoms with Crippen molar-refractivity contribution in [1.29, 1.82) is 0 Å². The van der Waals surface area contributed by atoms with E-state index in [9.17, 15) is 4.79 Å². The van der Waals surface area contributed by atoms with E-state index in [1.165, 1.54) is 5.56 Å². The molecule has 0 aliphatic carbocycles. The quantitative estimate of drug-likeness (QED) is 0.781. The van der Waals surface area contributed by atoms with Crippen molar-refractivity contribution in [3.8, 4) is 0 Å². The van der Waals surface area contributed by atoms with Gasteiger partial charge in [0.2, 0.25) is 0 Å². The van der Waals surface area contributed by atoms with Crippen molar-refractivity contribution in [2.45, 2.75) is 25.4 Å². The lowest BCUT2D eigenvalue weighted by Gasteiger charge is -2.33. The van der Waals surface area contributed by atoms with E-state index in [2.05, 4.69) is 21.3 Å². The largest absolute Gasteiger partial charge is 0.395 e. The predicted molar refractivity (Wildman–Crippen MR) is 107 cm³/mol. The van der Waals surface area contributed by atoms with E-state index in [-0.39, 0.29) is 18.6 Å². The number of aliphatic hydroxyl groups excluding tert-OH is 1. The van der Waals surface area contributed by atoms with Gasteiger partial charge in [-0.2, -0.15) is 0 Å². The molecular weight excluding hydrogens is 340 g/mol. The van der Waals surface area contributed by atoms with Crippen LogP contribution < -0.4 is 10.2 Å². The fourth-order valence-corrected chi connectivity index (χ4v) is 3.48. The van der Waals surface area contributed by atoms with Gasteiger partial charge >= 0.3 is 0 Å². The van der Waals surface area contributed by atoms with Crippen molar-refractivity contribution >= 4 is 11.6 Å². The molecular formula is C21H28N4O2. The Balaban J connectivity index is 1.54. The average molecular weight is 368 g/mol.